The molecule has 0 unspecified atom stereocenters. The molecule has 0 spiro atoms. The van der Waals surface area contributed by atoms with Crippen LogP contribution in [0.5, 0.6) is 0 Å². The van der Waals surface area contributed by atoms with Crippen molar-refractivity contribution in [3.05, 3.63) is 40.6 Å². The maximum absolute atomic E-state index is 12.4. The summed E-state index contributed by atoms with van der Waals surface area (Å²) in [5.41, 5.74) is 2.14. The van der Waals surface area contributed by atoms with E-state index in [-0.39, 0.29) is 5.78 Å². The second-order valence-corrected chi connectivity index (χ2v) is 8.87. The Kier molecular flexibility index (Phi) is 3.28. The summed E-state index contributed by atoms with van der Waals surface area (Å²) in [6.45, 7) is 0. The van der Waals surface area contributed by atoms with Gasteiger partial charge in [0.25, 0.3) is 0 Å². The Bertz CT molecular complexity index is 576. The molecule has 0 aliphatic heterocycles. The molecular weight excluding hydrogens is 384 g/mol. The molecule has 88 valence electrons. The van der Waals surface area contributed by atoms with E-state index in [0.717, 1.165) is 30.9 Å². The van der Waals surface area contributed by atoms with Gasteiger partial charge < -0.3 is 0 Å². The molecule has 0 aromatic carbocycles. The highest BCUT2D eigenvalue weighted by Crippen LogP contribution is 2.36. The molecule has 0 N–H and O–H groups in total. The largest absolute Gasteiger partial charge is 0.288 e. The average molecular weight is 392 g/mol. The summed E-state index contributed by atoms with van der Waals surface area (Å²) in [4.78, 5) is 14.6. The predicted octanol–water partition coefficient (Wildman–Crippen LogP) is 5.05. The highest BCUT2D eigenvalue weighted by atomic mass is 79.9. The van der Waals surface area contributed by atoms with Crippen LogP contribution in [0, 0.1) is 0 Å². The van der Waals surface area contributed by atoms with E-state index in [9.17, 15) is 4.79 Å². The fraction of sp³-hybridized carbons (Fsp3) is 0.250. The molecule has 1 aliphatic carbocycles. The van der Waals surface area contributed by atoms with E-state index in [1.54, 1.807) is 22.7 Å². The first-order valence-corrected chi connectivity index (χ1v) is 8.48. The van der Waals surface area contributed by atoms with Crippen LogP contribution in [0.2, 0.25) is 0 Å². The van der Waals surface area contributed by atoms with E-state index >= 15 is 0 Å². The quantitative estimate of drug-likeness (QED) is 0.654. The van der Waals surface area contributed by atoms with Crippen molar-refractivity contribution in [1.29, 1.82) is 0 Å². The zero-order valence-corrected chi connectivity index (χ0v) is 13.6. The van der Waals surface area contributed by atoms with Gasteiger partial charge in [0.2, 0.25) is 5.78 Å². The van der Waals surface area contributed by atoms with Gasteiger partial charge >= 0.3 is 0 Å². The summed E-state index contributed by atoms with van der Waals surface area (Å²) in [6, 6.07) is 3.97. The van der Waals surface area contributed by atoms with Crippen molar-refractivity contribution in [3.63, 3.8) is 0 Å². The molecule has 2 heterocycles. The van der Waals surface area contributed by atoms with E-state index in [4.69, 9.17) is 0 Å². The molecule has 1 nitrogen and oxygen atoms in total. The second-order valence-electron chi connectivity index (χ2n) is 3.98. The van der Waals surface area contributed by atoms with Crippen molar-refractivity contribution >= 4 is 60.3 Å². The molecule has 0 amide bonds. The van der Waals surface area contributed by atoms with Crippen LogP contribution in [-0.4, -0.2) is 5.78 Å². The summed E-state index contributed by atoms with van der Waals surface area (Å²) in [5, 5.41) is 0. The highest BCUT2D eigenvalue weighted by molar-refractivity contribution is 9.12. The fourth-order valence-electron chi connectivity index (χ4n) is 2.07. The van der Waals surface area contributed by atoms with Crippen LogP contribution in [0.15, 0.2) is 19.7 Å². The number of fused-ring (bicyclic) bond motifs is 1. The van der Waals surface area contributed by atoms with Gasteiger partial charge in [-0.1, -0.05) is 0 Å². The van der Waals surface area contributed by atoms with Gasteiger partial charge in [0.15, 0.2) is 0 Å². The summed E-state index contributed by atoms with van der Waals surface area (Å²) in [7, 11) is 0. The van der Waals surface area contributed by atoms with E-state index < -0.39 is 0 Å². The van der Waals surface area contributed by atoms with Crippen LogP contribution in [0.4, 0.5) is 0 Å². The van der Waals surface area contributed by atoms with Crippen LogP contribution in [0.3, 0.4) is 0 Å². The first kappa shape index (κ1) is 12.1. The van der Waals surface area contributed by atoms with Crippen molar-refractivity contribution in [1.82, 2.24) is 0 Å². The number of hydrogen-bond acceptors (Lipinski definition) is 3. The SMILES string of the molecule is O=C(c1cc2c(s1)CCC2)c1cc(Br)sc1Br. The lowest BCUT2D eigenvalue weighted by molar-refractivity contribution is 0.104. The first-order chi connectivity index (χ1) is 8.15. The molecule has 0 bridgehead atoms. The summed E-state index contributed by atoms with van der Waals surface area (Å²) >= 11 is 10.1. The smallest absolute Gasteiger partial charge is 0.204 e. The molecule has 1 aliphatic rings. The Balaban J connectivity index is 1.98. The minimum atomic E-state index is 0.137. The minimum Gasteiger partial charge on any atom is -0.288 e. The number of carbonyl (C=O) groups excluding carboxylic acids is 1. The molecule has 2 aromatic heterocycles. The Labute approximate surface area is 124 Å². The number of hydrogen-bond donors (Lipinski definition) is 0. The molecule has 0 saturated carbocycles. The molecule has 0 saturated heterocycles. The third kappa shape index (κ3) is 2.18. The van der Waals surface area contributed by atoms with Crippen molar-refractivity contribution in [2.45, 2.75) is 19.3 Å². The fourth-order valence-corrected chi connectivity index (χ4v) is 6.07. The maximum atomic E-state index is 12.4. The monoisotopic (exact) mass is 390 g/mol. The molecule has 2 aromatic rings. The number of rotatable bonds is 2. The Hall–Kier alpha value is 0.0300. The van der Waals surface area contributed by atoms with E-state index in [1.165, 1.54) is 16.9 Å². The van der Waals surface area contributed by atoms with Gasteiger partial charge in [-0.05, 0) is 68.8 Å². The predicted molar refractivity (Wildman–Crippen MR) is 79.5 cm³/mol. The van der Waals surface area contributed by atoms with E-state index in [1.807, 2.05) is 6.07 Å². The van der Waals surface area contributed by atoms with Crippen LogP contribution in [-0.2, 0) is 12.8 Å². The Morgan fingerprint density at radius 1 is 1.18 bits per heavy atom. The molecule has 3 rings (SSSR count). The van der Waals surface area contributed by atoms with Gasteiger partial charge in [0.1, 0.15) is 0 Å². The molecule has 5 heteroatoms. The number of thiophene rings is 2. The lowest BCUT2D eigenvalue weighted by atomic mass is 10.1. The number of ketones is 1. The Morgan fingerprint density at radius 2 is 2.00 bits per heavy atom. The average Bonchev–Trinajstić information content (AvgIpc) is 2.90. The second kappa shape index (κ2) is 4.61. The van der Waals surface area contributed by atoms with Gasteiger partial charge in [-0.3, -0.25) is 4.79 Å². The van der Waals surface area contributed by atoms with Gasteiger partial charge in [0, 0.05) is 10.4 Å². The number of carbonyl (C=O) groups is 1. The molecule has 0 atom stereocenters. The van der Waals surface area contributed by atoms with E-state index in [2.05, 4.69) is 37.9 Å². The highest BCUT2D eigenvalue weighted by Gasteiger charge is 2.21. The first-order valence-electron chi connectivity index (χ1n) is 5.26. The van der Waals surface area contributed by atoms with Crippen molar-refractivity contribution in [2.24, 2.45) is 0 Å². The third-order valence-corrected chi connectivity index (χ3v) is 6.45. The zero-order chi connectivity index (χ0) is 12.0. The lowest BCUT2D eigenvalue weighted by Gasteiger charge is -1.95. The normalized spacial score (nSPS) is 14.0. The molecular formula is C12H8Br2OS2. The topological polar surface area (TPSA) is 17.1 Å². The zero-order valence-electron chi connectivity index (χ0n) is 8.76. The minimum absolute atomic E-state index is 0.137. The van der Waals surface area contributed by atoms with E-state index in [0.29, 0.717) is 0 Å². The van der Waals surface area contributed by atoms with Crippen LogP contribution >= 0.6 is 54.5 Å². The van der Waals surface area contributed by atoms with Crippen LogP contribution in [0.25, 0.3) is 0 Å². The molecule has 0 fully saturated rings. The Morgan fingerprint density at radius 3 is 2.65 bits per heavy atom. The summed E-state index contributed by atoms with van der Waals surface area (Å²) < 4.78 is 1.89. The van der Waals surface area contributed by atoms with Crippen molar-refractivity contribution < 1.29 is 4.79 Å². The van der Waals surface area contributed by atoms with Crippen molar-refractivity contribution in [3.8, 4) is 0 Å². The van der Waals surface area contributed by atoms with Gasteiger partial charge in [-0.2, -0.15) is 0 Å². The standard InChI is InChI=1S/C12H8Br2OS2/c13-10-5-7(12(14)17-10)11(15)9-4-6-2-1-3-8(6)16-9/h4-5H,1-3H2. The maximum Gasteiger partial charge on any atom is 0.204 e. The molecule has 17 heavy (non-hydrogen) atoms. The van der Waals surface area contributed by atoms with Crippen LogP contribution in [0.1, 0.15) is 32.1 Å². The van der Waals surface area contributed by atoms with Crippen molar-refractivity contribution in [2.75, 3.05) is 0 Å². The number of aryl methyl sites for hydroxylation is 2. The van der Waals surface area contributed by atoms with Crippen LogP contribution < -0.4 is 0 Å². The number of halogens is 2. The van der Waals surface area contributed by atoms with Gasteiger partial charge in [-0.15, -0.1) is 22.7 Å². The molecule has 0 radical (unpaired) electrons. The summed E-state index contributed by atoms with van der Waals surface area (Å²) in [5.74, 6) is 0.137. The third-order valence-electron chi connectivity index (χ3n) is 2.87. The van der Waals surface area contributed by atoms with Gasteiger partial charge in [-0.25, -0.2) is 0 Å². The summed E-state index contributed by atoms with van der Waals surface area (Å²) in [6.07, 6.45) is 3.51. The van der Waals surface area contributed by atoms with Gasteiger partial charge in [0.05, 0.1) is 12.4 Å². The lowest BCUT2D eigenvalue weighted by Crippen LogP contribution is -1.97.